The zero-order valence-electron chi connectivity index (χ0n) is 22.9. The Kier molecular flexibility index (Phi) is 11.5. The van der Waals surface area contributed by atoms with Gasteiger partial charge in [0.05, 0.1) is 12.7 Å². The maximum absolute atomic E-state index is 13.1. The summed E-state index contributed by atoms with van der Waals surface area (Å²) in [6, 6.07) is 17.3. The van der Waals surface area contributed by atoms with E-state index in [1.807, 2.05) is 19.9 Å². The van der Waals surface area contributed by atoms with Gasteiger partial charge in [0.25, 0.3) is 0 Å². The SMILES string of the molecule is CCC/C=C(\C)NC(CSC(=O)c1ccccc1OC(=O)c1ccccc1OC(=O)c1ccccc1O)C(=O)OC. The second-order valence-electron chi connectivity index (χ2n) is 8.78. The molecule has 0 saturated carbocycles. The van der Waals surface area contributed by atoms with Gasteiger partial charge < -0.3 is 24.6 Å². The molecule has 0 saturated heterocycles. The fourth-order valence-electron chi connectivity index (χ4n) is 3.65. The van der Waals surface area contributed by atoms with Crippen molar-refractivity contribution in [1.82, 2.24) is 5.32 Å². The first-order valence-electron chi connectivity index (χ1n) is 12.8. The lowest BCUT2D eigenvalue weighted by atomic mass is 10.2. The number of ether oxygens (including phenoxy) is 3. The molecule has 0 spiro atoms. The van der Waals surface area contributed by atoms with Crippen LogP contribution < -0.4 is 14.8 Å². The summed E-state index contributed by atoms with van der Waals surface area (Å²) in [6.07, 6.45) is 3.76. The van der Waals surface area contributed by atoms with Gasteiger partial charge in [-0.1, -0.05) is 67.6 Å². The molecular formula is C31H31NO8S. The highest BCUT2D eigenvalue weighted by Crippen LogP contribution is 2.28. The Hall–Kier alpha value is -4.57. The van der Waals surface area contributed by atoms with Gasteiger partial charge in [0.1, 0.15) is 34.4 Å². The zero-order valence-corrected chi connectivity index (χ0v) is 23.7. The van der Waals surface area contributed by atoms with Crippen molar-refractivity contribution in [2.24, 2.45) is 0 Å². The van der Waals surface area contributed by atoms with Gasteiger partial charge in [-0.15, -0.1) is 0 Å². The number of hydrogen-bond donors (Lipinski definition) is 2. The van der Waals surface area contributed by atoms with E-state index in [0.717, 1.165) is 30.3 Å². The van der Waals surface area contributed by atoms with Crippen molar-refractivity contribution >= 4 is 34.8 Å². The quantitative estimate of drug-likeness (QED) is 0.209. The van der Waals surface area contributed by atoms with Crippen LogP contribution in [0, 0.1) is 0 Å². The fraction of sp³-hybridized carbons (Fsp3) is 0.226. The first-order valence-corrected chi connectivity index (χ1v) is 13.8. The Morgan fingerprint density at radius 1 is 0.854 bits per heavy atom. The minimum atomic E-state index is -0.860. The Morgan fingerprint density at radius 3 is 2.00 bits per heavy atom. The van der Waals surface area contributed by atoms with E-state index >= 15 is 0 Å². The highest BCUT2D eigenvalue weighted by atomic mass is 32.2. The average Bonchev–Trinajstić information content (AvgIpc) is 2.98. The second kappa shape index (κ2) is 15.3. The molecule has 3 rings (SSSR count). The molecule has 0 aromatic heterocycles. The molecule has 0 aliphatic rings. The maximum atomic E-state index is 13.1. The lowest BCUT2D eigenvalue weighted by Gasteiger charge is -2.18. The number of carbonyl (C=O) groups excluding carboxylic acids is 4. The molecule has 1 unspecified atom stereocenters. The number of nitrogens with one attached hydrogen (secondary N) is 1. The van der Waals surface area contributed by atoms with E-state index in [4.69, 9.17) is 14.2 Å². The van der Waals surface area contributed by atoms with Gasteiger partial charge in [0.2, 0.25) is 5.12 Å². The molecule has 1 atom stereocenters. The Morgan fingerprint density at radius 2 is 1.39 bits per heavy atom. The normalized spacial score (nSPS) is 11.7. The van der Waals surface area contributed by atoms with Crippen LogP contribution in [0.1, 0.15) is 57.8 Å². The summed E-state index contributed by atoms with van der Waals surface area (Å²) in [4.78, 5) is 51.2. The number of thioether (sulfide) groups is 1. The van der Waals surface area contributed by atoms with Crippen LogP contribution in [-0.2, 0) is 9.53 Å². The number of phenolic OH excluding ortho intramolecular Hbond substituents is 1. The van der Waals surface area contributed by atoms with E-state index in [0.29, 0.717) is 0 Å². The van der Waals surface area contributed by atoms with Crippen molar-refractivity contribution in [3.63, 3.8) is 0 Å². The van der Waals surface area contributed by atoms with Gasteiger partial charge in [-0.2, -0.15) is 0 Å². The fourth-order valence-corrected chi connectivity index (χ4v) is 4.51. The number of methoxy groups -OCH3 is 1. The molecule has 3 aromatic rings. The number of carbonyl (C=O) groups is 4. The van der Waals surface area contributed by atoms with Crippen molar-refractivity contribution in [2.45, 2.75) is 32.7 Å². The number of hydrogen-bond acceptors (Lipinski definition) is 10. The number of phenols is 1. The third-order valence-electron chi connectivity index (χ3n) is 5.75. The largest absolute Gasteiger partial charge is 0.507 e. The van der Waals surface area contributed by atoms with Crippen LogP contribution in [0.25, 0.3) is 0 Å². The lowest BCUT2D eigenvalue weighted by Crippen LogP contribution is -2.39. The summed E-state index contributed by atoms with van der Waals surface area (Å²) >= 11 is 0.881. The zero-order chi connectivity index (χ0) is 29.8. The lowest BCUT2D eigenvalue weighted by molar-refractivity contribution is -0.142. The maximum Gasteiger partial charge on any atom is 0.347 e. The van der Waals surface area contributed by atoms with E-state index in [2.05, 4.69) is 5.32 Å². The summed E-state index contributed by atoms with van der Waals surface area (Å²) in [5, 5.41) is 12.6. The van der Waals surface area contributed by atoms with Crippen molar-refractivity contribution in [3.05, 3.63) is 101 Å². The number of benzene rings is 3. The van der Waals surface area contributed by atoms with E-state index in [-0.39, 0.29) is 39.7 Å². The molecule has 0 fully saturated rings. The molecule has 214 valence electrons. The third-order valence-corrected chi connectivity index (χ3v) is 6.73. The van der Waals surface area contributed by atoms with E-state index < -0.39 is 29.1 Å². The Balaban J connectivity index is 1.74. The number of para-hydroxylation sites is 3. The first kappa shape index (κ1) is 31.0. The van der Waals surface area contributed by atoms with Crippen LogP contribution in [0.2, 0.25) is 0 Å². The molecule has 3 aromatic carbocycles. The van der Waals surface area contributed by atoms with Gasteiger partial charge in [0.15, 0.2) is 0 Å². The standard InChI is InChI=1S/C31H31NO8S/c1-4-5-12-20(2)32-24(30(36)38-3)19-41-31(37)23-15-8-11-18-27(23)40-29(35)22-14-7-10-17-26(22)39-28(34)21-13-6-9-16-25(21)33/h6-18,24,32-33H,4-5,19H2,1-3H3/b20-12+. The third kappa shape index (κ3) is 8.71. The van der Waals surface area contributed by atoms with Crippen molar-refractivity contribution in [3.8, 4) is 17.2 Å². The molecule has 0 aliphatic carbocycles. The van der Waals surface area contributed by atoms with Crippen LogP contribution in [0.3, 0.4) is 0 Å². The van der Waals surface area contributed by atoms with Gasteiger partial charge in [0, 0.05) is 11.4 Å². The molecule has 0 heterocycles. The van der Waals surface area contributed by atoms with Crippen LogP contribution in [0.15, 0.2) is 84.6 Å². The van der Waals surface area contributed by atoms with Crippen LogP contribution in [-0.4, -0.2) is 47.0 Å². The van der Waals surface area contributed by atoms with Gasteiger partial charge in [-0.05, 0) is 49.7 Å². The summed E-state index contributed by atoms with van der Waals surface area (Å²) in [7, 11) is 1.28. The summed E-state index contributed by atoms with van der Waals surface area (Å²) in [6.45, 7) is 3.88. The van der Waals surface area contributed by atoms with Crippen molar-refractivity contribution < 1.29 is 38.5 Å². The van der Waals surface area contributed by atoms with Crippen LogP contribution >= 0.6 is 11.8 Å². The Bertz CT molecular complexity index is 1430. The topological polar surface area (TPSA) is 128 Å². The number of rotatable bonds is 12. The number of esters is 3. The smallest absolute Gasteiger partial charge is 0.347 e. The highest BCUT2D eigenvalue weighted by Gasteiger charge is 2.24. The summed E-state index contributed by atoms with van der Waals surface area (Å²) in [5.41, 5.74) is 0.790. The summed E-state index contributed by atoms with van der Waals surface area (Å²) < 4.78 is 15.8. The molecular weight excluding hydrogens is 546 g/mol. The molecule has 2 N–H and O–H groups in total. The monoisotopic (exact) mass is 577 g/mol. The number of allylic oxidation sites excluding steroid dienone is 2. The van der Waals surface area contributed by atoms with E-state index in [1.54, 1.807) is 36.4 Å². The first-order chi connectivity index (χ1) is 19.7. The average molecular weight is 578 g/mol. The van der Waals surface area contributed by atoms with Crippen molar-refractivity contribution in [1.29, 1.82) is 0 Å². The van der Waals surface area contributed by atoms with Gasteiger partial charge >= 0.3 is 17.9 Å². The number of aromatic hydroxyl groups is 1. The minimum Gasteiger partial charge on any atom is -0.507 e. The highest BCUT2D eigenvalue weighted by molar-refractivity contribution is 8.14. The predicted octanol–water partition coefficient (Wildman–Crippen LogP) is 5.54. The summed E-state index contributed by atoms with van der Waals surface area (Å²) in [5.74, 6) is -2.49. The van der Waals surface area contributed by atoms with Gasteiger partial charge in [-0.3, -0.25) is 4.79 Å². The van der Waals surface area contributed by atoms with Gasteiger partial charge in [-0.25, -0.2) is 14.4 Å². The van der Waals surface area contributed by atoms with Crippen LogP contribution in [0.4, 0.5) is 0 Å². The molecule has 0 bridgehead atoms. The molecule has 0 radical (unpaired) electrons. The number of unbranched alkanes of at least 4 members (excludes halogenated alkanes) is 1. The predicted molar refractivity (Wildman–Crippen MR) is 155 cm³/mol. The Labute approximate surface area is 242 Å². The van der Waals surface area contributed by atoms with Crippen molar-refractivity contribution in [2.75, 3.05) is 12.9 Å². The molecule has 10 heteroatoms. The van der Waals surface area contributed by atoms with E-state index in [1.165, 1.54) is 43.5 Å². The molecule has 9 nitrogen and oxygen atoms in total. The second-order valence-corrected chi connectivity index (χ2v) is 9.78. The van der Waals surface area contributed by atoms with E-state index in [9.17, 15) is 24.3 Å². The van der Waals surface area contributed by atoms with Crippen LogP contribution in [0.5, 0.6) is 17.2 Å². The molecule has 41 heavy (non-hydrogen) atoms. The molecule has 0 aliphatic heterocycles. The minimum absolute atomic E-state index is 0.00145. The molecule has 0 amide bonds.